The number of benzene rings is 1. The highest BCUT2D eigenvalue weighted by atomic mass is 32.2. The van der Waals surface area contributed by atoms with Gasteiger partial charge in [-0.05, 0) is 137 Å². The monoisotopic (exact) mass is 1510 g/mol. The van der Waals surface area contributed by atoms with Crippen LogP contribution in [0.1, 0.15) is 96.5 Å². The number of aromatic amines is 1. The van der Waals surface area contributed by atoms with E-state index in [2.05, 4.69) is 80.8 Å². The molecule has 11 amide bonds. The molecule has 39 heteroatoms. The van der Waals surface area contributed by atoms with Crippen molar-refractivity contribution in [1.82, 2.24) is 63.1 Å². The Kier molecular flexibility index (Phi) is 41.1. The highest BCUT2D eigenvalue weighted by molar-refractivity contribution is 7.99. The second-order valence-corrected chi connectivity index (χ2v) is 27.9. The van der Waals surface area contributed by atoms with Crippen LogP contribution >= 0.6 is 47.9 Å². The van der Waals surface area contributed by atoms with E-state index in [0.717, 1.165) is 0 Å². The van der Waals surface area contributed by atoms with Crippen molar-refractivity contribution in [3.63, 3.8) is 0 Å². The molecule has 1 saturated heterocycles. The van der Waals surface area contributed by atoms with Gasteiger partial charge in [-0.1, -0.05) is 32.0 Å². The summed E-state index contributed by atoms with van der Waals surface area (Å²) in [5.41, 5.74) is 35.6. The number of carbonyl (C=O) groups is 12. The summed E-state index contributed by atoms with van der Waals surface area (Å²) < 4.78 is 0. The number of hydrogen-bond donors (Lipinski definition) is 21. The molecule has 0 spiro atoms. The first-order valence-electron chi connectivity index (χ1n) is 33.6. The van der Waals surface area contributed by atoms with Crippen molar-refractivity contribution in [3.05, 3.63) is 36.0 Å². The zero-order valence-electron chi connectivity index (χ0n) is 58.4. The number of aliphatic imine (C=N–C) groups is 2. The third-order valence-electron chi connectivity index (χ3n) is 16.4. The smallest absolute Gasteiger partial charge is 0.328 e. The molecule has 1 aromatic carbocycles. The largest absolute Gasteiger partial charge is 0.480 e. The van der Waals surface area contributed by atoms with Crippen LogP contribution in [0.3, 0.4) is 0 Å². The van der Waals surface area contributed by atoms with Crippen LogP contribution in [0.2, 0.25) is 0 Å². The first-order chi connectivity index (χ1) is 48.6. The quantitative estimate of drug-likeness (QED) is 0.0128. The number of carboxylic acid groups (broad SMARTS) is 1. The van der Waals surface area contributed by atoms with Gasteiger partial charge < -0.3 is 113 Å². The van der Waals surface area contributed by atoms with E-state index in [1.807, 2.05) is 12.5 Å². The van der Waals surface area contributed by atoms with E-state index in [-0.39, 0.29) is 108 Å². The maximum Gasteiger partial charge on any atom is 0.328 e. The predicted octanol–water partition coefficient (Wildman–Crippen LogP) is -4.97. The molecule has 572 valence electrons. The van der Waals surface area contributed by atoms with Gasteiger partial charge in [-0.25, -0.2) is 4.79 Å². The Morgan fingerprint density at radius 2 is 1.02 bits per heavy atom. The van der Waals surface area contributed by atoms with Gasteiger partial charge in [0.05, 0.1) is 19.3 Å². The Morgan fingerprint density at radius 3 is 1.53 bits per heavy atom. The van der Waals surface area contributed by atoms with Gasteiger partial charge >= 0.3 is 5.97 Å². The number of nitrogens with one attached hydrogen (secondary N) is 11. The van der Waals surface area contributed by atoms with E-state index in [1.54, 1.807) is 50.6 Å². The fourth-order valence-corrected chi connectivity index (χ4v) is 12.4. The predicted molar refractivity (Wildman–Crippen MR) is 396 cm³/mol. The highest BCUT2D eigenvalue weighted by Crippen LogP contribution is 2.23. The lowest BCUT2D eigenvalue weighted by atomic mass is 10.0. The van der Waals surface area contributed by atoms with E-state index in [4.69, 9.17) is 34.4 Å². The van der Waals surface area contributed by atoms with Gasteiger partial charge in [0.2, 0.25) is 65.0 Å². The number of aliphatic hydroxyl groups excluding tert-OH is 2. The number of likely N-dealkylation sites (tertiary alicyclic amines) is 1. The highest BCUT2D eigenvalue weighted by Gasteiger charge is 2.41. The molecule has 2 aromatic rings. The molecule has 0 aliphatic carbocycles. The molecule has 35 nitrogen and oxygen atoms in total. The molecule has 1 aliphatic rings. The second kappa shape index (κ2) is 47.4. The standard InChI is InChI=1S/C63H106N20O15S4/c1-34(2)49(59(95)80-46(32-85)61(97)98)82-57(93)47(33-99)81-58(94)48-18-12-25-83(48)60(96)43(21-28-102-5)77-52(88)39(15-8-9-22-64)74-51(87)40(16-10-23-70-62(66)67)76-56(92)45(31-84)79-55(91)44(29-35-30-72-38-14-7-6-13-36(35)38)78-53(89)41(17-11-24-71-63(68)69)75-54(90)42(20-27-101-4)73-50(86)37(65)19-26-100-3/h6-7,13-14,30,34,37,39-49,72,84-85,99H,8-12,15-29,31-33,64-65H2,1-5H3,(H,73,86)(H,74,87)(H,75,90)(H,76,92)(H,77,88)(H,78,89)(H,79,91)(H,80,95)(H,81,94)(H,82,93)(H,97,98)(H4,66,67,70)(H4,68,69,71)/t37-,39+,40+,41+,42+,43+,44+,45+,46+,47+,48+,49+/m1/s1. The Morgan fingerprint density at radius 1 is 0.569 bits per heavy atom. The molecule has 1 aliphatic heterocycles. The molecule has 1 fully saturated rings. The number of thioether (sulfide) groups is 3. The number of aromatic nitrogens is 1. The van der Waals surface area contributed by atoms with E-state index < -0.39 is 163 Å². The third-order valence-corrected chi connectivity index (χ3v) is 18.7. The van der Waals surface area contributed by atoms with Crippen molar-refractivity contribution < 1.29 is 72.9 Å². The Labute approximate surface area is 611 Å². The molecule has 0 saturated carbocycles. The first-order valence-corrected chi connectivity index (χ1v) is 38.4. The van der Waals surface area contributed by atoms with Crippen LogP contribution in [0, 0.1) is 5.92 Å². The van der Waals surface area contributed by atoms with Crippen LogP contribution in [0.15, 0.2) is 40.4 Å². The first kappa shape index (κ1) is 88.4. The van der Waals surface area contributed by atoms with E-state index in [9.17, 15) is 72.9 Å². The lowest BCUT2D eigenvalue weighted by Crippen LogP contribution is -2.61. The maximum absolute atomic E-state index is 14.8. The number of aliphatic hydroxyl groups is 2. The minimum absolute atomic E-state index is 0.0300. The zero-order chi connectivity index (χ0) is 76.0. The molecule has 2 heterocycles. The molecule has 0 bridgehead atoms. The van der Waals surface area contributed by atoms with Crippen molar-refractivity contribution in [3.8, 4) is 0 Å². The Hall–Kier alpha value is -7.82. The minimum atomic E-state index is -1.81. The van der Waals surface area contributed by atoms with Crippen molar-refractivity contribution in [2.24, 2.45) is 50.3 Å². The van der Waals surface area contributed by atoms with Crippen LogP contribution in [0.5, 0.6) is 0 Å². The molecule has 0 radical (unpaired) electrons. The lowest BCUT2D eigenvalue weighted by molar-refractivity contribution is -0.144. The number of guanidine groups is 2. The minimum Gasteiger partial charge on any atom is -0.480 e. The van der Waals surface area contributed by atoms with Crippen LogP contribution in [-0.2, 0) is 64.0 Å². The van der Waals surface area contributed by atoms with E-state index in [1.165, 1.54) is 40.2 Å². The van der Waals surface area contributed by atoms with Gasteiger partial charge in [0.25, 0.3) is 0 Å². The average Bonchev–Trinajstić information content (AvgIpc) is 1.64. The number of hydrogen-bond acceptors (Lipinski definition) is 22. The van der Waals surface area contributed by atoms with Gasteiger partial charge in [-0.3, -0.25) is 62.7 Å². The van der Waals surface area contributed by atoms with Crippen LogP contribution < -0.4 is 87.6 Å². The molecule has 12 atom stereocenters. The third kappa shape index (κ3) is 30.2. The molecule has 102 heavy (non-hydrogen) atoms. The Bertz CT molecular complexity index is 3140. The number of para-hydroxylation sites is 1. The number of carbonyl (C=O) groups excluding carboxylic acids is 11. The second-order valence-electron chi connectivity index (χ2n) is 24.6. The van der Waals surface area contributed by atoms with Crippen molar-refractivity contribution in [2.45, 2.75) is 170 Å². The number of nitrogens with zero attached hydrogens (tertiary/aromatic N) is 3. The van der Waals surface area contributed by atoms with Crippen molar-refractivity contribution in [2.75, 3.05) is 81.2 Å². The van der Waals surface area contributed by atoms with Gasteiger partial charge in [0.15, 0.2) is 11.9 Å². The topological polar surface area (TPSA) is 586 Å². The van der Waals surface area contributed by atoms with Crippen LogP contribution in [-0.4, -0.2) is 262 Å². The van der Waals surface area contributed by atoms with Gasteiger partial charge in [-0.2, -0.15) is 47.9 Å². The fraction of sp³-hybridized carbons (Fsp3) is 0.651. The molecule has 3 rings (SSSR count). The number of thiol groups is 1. The molecule has 0 unspecified atom stereocenters. The summed E-state index contributed by atoms with van der Waals surface area (Å²) in [7, 11) is 0. The number of carboxylic acids is 1. The number of nitrogens with two attached hydrogens (primary N) is 6. The lowest BCUT2D eigenvalue weighted by Gasteiger charge is -2.31. The summed E-state index contributed by atoms with van der Waals surface area (Å²) in [5.74, 6) is -10.6. The van der Waals surface area contributed by atoms with Crippen LogP contribution in [0.4, 0.5) is 0 Å². The number of unbranched alkanes of at least 4 members (excludes halogenated alkanes) is 1. The summed E-state index contributed by atoms with van der Waals surface area (Å²) in [6.07, 6.45) is 8.50. The maximum atomic E-state index is 14.8. The summed E-state index contributed by atoms with van der Waals surface area (Å²) in [4.78, 5) is 180. The van der Waals surface area contributed by atoms with Crippen molar-refractivity contribution in [1.29, 1.82) is 0 Å². The molecule has 1 aromatic heterocycles. The summed E-state index contributed by atoms with van der Waals surface area (Å²) in [5, 5.41) is 56.4. The fourth-order valence-electron chi connectivity index (χ4n) is 10.7. The molecule has 26 N–H and O–H groups in total. The zero-order valence-corrected chi connectivity index (χ0v) is 61.7. The summed E-state index contributed by atoms with van der Waals surface area (Å²) >= 11 is 8.53. The normalized spacial score (nSPS) is 16.0. The number of amides is 11. The number of fused-ring (bicyclic) bond motifs is 1. The van der Waals surface area contributed by atoms with E-state index >= 15 is 0 Å². The molecular weight excluding hydrogens is 1410 g/mol. The average molecular weight is 1510 g/mol. The van der Waals surface area contributed by atoms with Gasteiger partial charge in [-0.15, -0.1) is 0 Å². The summed E-state index contributed by atoms with van der Waals surface area (Å²) in [6, 6.07) is -9.27. The SMILES string of the molecule is CSCC[C@@H](N)C(=O)N[C@@H](CCSC)C(=O)N[C@@H](CCCN=C(N)N)C(=O)N[C@@H](Cc1c[nH]c2ccccc12)C(=O)N[C@@H](CO)C(=O)N[C@@H](CCCN=C(N)N)C(=O)N[C@@H](CCCCN)C(=O)N[C@@H](CCSC)C(=O)N1CCC[C@H]1C(=O)N[C@@H](CS)C(=O)N[C@H](C(=O)N[C@@H](CO)C(=O)O)C(C)C. The van der Waals surface area contributed by atoms with E-state index in [0.29, 0.717) is 53.0 Å². The molecular formula is C63H106N20O15S4. The summed E-state index contributed by atoms with van der Waals surface area (Å²) in [6.45, 7) is 1.46. The van der Waals surface area contributed by atoms with Crippen LogP contribution in [0.25, 0.3) is 10.9 Å². The number of H-pyrrole nitrogens is 1. The number of rotatable bonds is 49. The van der Waals surface area contributed by atoms with Crippen molar-refractivity contribution >= 4 is 142 Å². The Balaban J connectivity index is 1.97. The van der Waals surface area contributed by atoms with Gasteiger partial charge in [0.1, 0.15) is 66.5 Å². The number of aliphatic carboxylic acids is 1. The van der Waals surface area contributed by atoms with Gasteiger partial charge in [0, 0.05) is 48.9 Å².